The fraction of sp³-hybridized carbons (Fsp3) is 0.312. The average Bonchev–Trinajstić information content (AvgIpc) is 2.62. The molecule has 1 fully saturated rings. The number of nitrogens with two attached hydrogens (primary N) is 1. The standard InChI is InChI=1S/C16H18N6O4/c17-15(23)26-11-4-3-9-21(10-11)14-7-8-18-16(20-14)19-12-5-1-2-6-13(12)22(24)25/h1-2,5-8,11H,3-4,9-10H2,(H2,17,23)(H,18,19,20). The number of carbonyl (C=O) groups is 1. The predicted octanol–water partition coefficient (Wildman–Crippen LogP) is 2.19. The second-order valence-electron chi connectivity index (χ2n) is 5.78. The number of para-hydroxylation sites is 2. The molecule has 0 spiro atoms. The third-order valence-corrected chi connectivity index (χ3v) is 3.97. The highest BCUT2D eigenvalue weighted by Crippen LogP contribution is 2.26. The van der Waals surface area contributed by atoms with Crippen LogP contribution in [0.2, 0.25) is 0 Å². The monoisotopic (exact) mass is 358 g/mol. The maximum Gasteiger partial charge on any atom is 0.404 e. The molecule has 10 nitrogen and oxygen atoms in total. The number of piperidine rings is 1. The van der Waals surface area contributed by atoms with Crippen LogP contribution in [0.3, 0.4) is 0 Å². The second kappa shape index (κ2) is 7.64. The fourth-order valence-corrected chi connectivity index (χ4v) is 2.85. The van der Waals surface area contributed by atoms with Gasteiger partial charge in [-0.15, -0.1) is 0 Å². The number of carbonyl (C=O) groups excluding carboxylic acids is 1. The lowest BCUT2D eigenvalue weighted by molar-refractivity contribution is -0.383. The number of ether oxygens (including phenoxy) is 1. The van der Waals surface area contributed by atoms with E-state index in [-0.39, 0.29) is 17.7 Å². The van der Waals surface area contributed by atoms with Crippen molar-refractivity contribution in [3.8, 4) is 0 Å². The number of amides is 1. The van der Waals surface area contributed by atoms with Crippen molar-refractivity contribution in [1.82, 2.24) is 9.97 Å². The van der Waals surface area contributed by atoms with Gasteiger partial charge in [-0.2, -0.15) is 4.98 Å². The van der Waals surface area contributed by atoms with E-state index in [2.05, 4.69) is 15.3 Å². The average molecular weight is 358 g/mol. The van der Waals surface area contributed by atoms with Gasteiger partial charge in [-0.25, -0.2) is 9.78 Å². The molecule has 3 rings (SSSR count). The van der Waals surface area contributed by atoms with E-state index in [0.29, 0.717) is 18.1 Å². The van der Waals surface area contributed by atoms with Gasteiger partial charge in [0.15, 0.2) is 0 Å². The Kier molecular flexibility index (Phi) is 5.11. The largest absolute Gasteiger partial charge is 0.445 e. The Morgan fingerprint density at radius 3 is 2.96 bits per heavy atom. The van der Waals surface area contributed by atoms with E-state index < -0.39 is 11.0 Å². The minimum absolute atomic E-state index is 0.0607. The van der Waals surface area contributed by atoms with Crippen molar-refractivity contribution in [2.45, 2.75) is 18.9 Å². The Morgan fingerprint density at radius 1 is 1.38 bits per heavy atom. The van der Waals surface area contributed by atoms with Crippen molar-refractivity contribution in [3.05, 3.63) is 46.6 Å². The molecule has 10 heteroatoms. The highest BCUT2D eigenvalue weighted by Gasteiger charge is 2.23. The summed E-state index contributed by atoms with van der Waals surface area (Å²) in [7, 11) is 0. The number of anilines is 3. The number of benzene rings is 1. The van der Waals surface area contributed by atoms with E-state index in [9.17, 15) is 14.9 Å². The zero-order chi connectivity index (χ0) is 18.5. The Bertz CT molecular complexity index is 815. The van der Waals surface area contributed by atoms with Gasteiger partial charge in [-0.1, -0.05) is 12.1 Å². The number of hydrogen-bond acceptors (Lipinski definition) is 8. The maximum absolute atomic E-state index is 11.1. The second-order valence-corrected chi connectivity index (χ2v) is 5.78. The van der Waals surface area contributed by atoms with E-state index in [1.165, 1.54) is 6.07 Å². The summed E-state index contributed by atoms with van der Waals surface area (Å²) in [6.07, 6.45) is 2.06. The van der Waals surface area contributed by atoms with Gasteiger partial charge in [-0.3, -0.25) is 10.1 Å². The van der Waals surface area contributed by atoms with E-state index in [0.717, 1.165) is 19.4 Å². The number of hydrogen-bond donors (Lipinski definition) is 2. The van der Waals surface area contributed by atoms with Gasteiger partial charge < -0.3 is 20.7 Å². The number of nitrogens with one attached hydrogen (secondary N) is 1. The summed E-state index contributed by atoms with van der Waals surface area (Å²) in [6, 6.07) is 8.01. The molecule has 1 aliphatic heterocycles. The SMILES string of the molecule is NC(=O)OC1CCCN(c2ccnc(Nc3ccccc3[N+](=O)[O-])n2)C1. The van der Waals surface area contributed by atoms with Gasteiger partial charge in [0.1, 0.15) is 17.6 Å². The topological polar surface area (TPSA) is 137 Å². The number of rotatable bonds is 5. The van der Waals surface area contributed by atoms with Gasteiger partial charge in [0.05, 0.1) is 11.5 Å². The molecular formula is C16H18N6O4. The first-order valence-electron chi connectivity index (χ1n) is 8.07. The zero-order valence-electron chi connectivity index (χ0n) is 13.9. The molecule has 1 aliphatic rings. The Hall–Kier alpha value is -3.43. The van der Waals surface area contributed by atoms with Crippen LogP contribution < -0.4 is 16.0 Å². The van der Waals surface area contributed by atoms with Crippen molar-refractivity contribution in [2.75, 3.05) is 23.3 Å². The third-order valence-electron chi connectivity index (χ3n) is 3.97. The minimum atomic E-state index is -0.793. The van der Waals surface area contributed by atoms with E-state index in [1.54, 1.807) is 30.5 Å². The van der Waals surface area contributed by atoms with Crippen LogP contribution in [0.5, 0.6) is 0 Å². The first-order chi connectivity index (χ1) is 12.5. The highest BCUT2D eigenvalue weighted by atomic mass is 16.6. The number of nitro groups is 1. The van der Waals surface area contributed by atoms with Crippen LogP contribution in [0.1, 0.15) is 12.8 Å². The summed E-state index contributed by atoms with van der Waals surface area (Å²) >= 11 is 0. The van der Waals surface area contributed by atoms with Crippen LogP contribution in [0.25, 0.3) is 0 Å². The van der Waals surface area contributed by atoms with Gasteiger partial charge in [0.25, 0.3) is 5.69 Å². The summed E-state index contributed by atoms with van der Waals surface area (Å²) in [5, 5.41) is 14.0. The minimum Gasteiger partial charge on any atom is -0.445 e. The van der Waals surface area contributed by atoms with Crippen molar-refractivity contribution < 1.29 is 14.5 Å². The molecule has 26 heavy (non-hydrogen) atoms. The third kappa shape index (κ3) is 4.15. The molecule has 0 saturated carbocycles. The first-order valence-corrected chi connectivity index (χ1v) is 8.07. The summed E-state index contributed by atoms with van der Waals surface area (Å²) in [4.78, 5) is 32.1. The Labute approximate surface area is 149 Å². The molecular weight excluding hydrogens is 340 g/mol. The number of primary amides is 1. The van der Waals surface area contributed by atoms with E-state index in [4.69, 9.17) is 10.5 Å². The lowest BCUT2D eigenvalue weighted by Gasteiger charge is -2.32. The molecule has 3 N–H and O–H groups in total. The van der Waals surface area contributed by atoms with Crippen LogP contribution in [-0.4, -0.2) is 40.2 Å². The van der Waals surface area contributed by atoms with Crippen molar-refractivity contribution >= 4 is 29.2 Å². The summed E-state index contributed by atoms with van der Waals surface area (Å²) in [5.74, 6) is 0.883. The summed E-state index contributed by atoms with van der Waals surface area (Å²) < 4.78 is 5.07. The molecule has 1 aromatic carbocycles. The molecule has 1 saturated heterocycles. The Balaban J connectivity index is 1.76. The smallest absolute Gasteiger partial charge is 0.404 e. The maximum atomic E-state index is 11.1. The van der Waals surface area contributed by atoms with Crippen LogP contribution in [0, 0.1) is 10.1 Å². The summed E-state index contributed by atoms with van der Waals surface area (Å²) in [5.41, 5.74) is 5.33. The van der Waals surface area contributed by atoms with Crippen LogP contribution in [0.15, 0.2) is 36.5 Å². The van der Waals surface area contributed by atoms with Crippen LogP contribution in [-0.2, 0) is 4.74 Å². The van der Waals surface area contributed by atoms with Crippen LogP contribution >= 0.6 is 0 Å². The molecule has 0 radical (unpaired) electrons. The molecule has 2 aromatic rings. The quantitative estimate of drug-likeness (QED) is 0.613. The fourth-order valence-electron chi connectivity index (χ4n) is 2.85. The molecule has 0 bridgehead atoms. The lowest BCUT2D eigenvalue weighted by Crippen LogP contribution is -2.41. The normalized spacial score (nSPS) is 16.8. The lowest BCUT2D eigenvalue weighted by atomic mass is 10.1. The summed E-state index contributed by atoms with van der Waals surface area (Å²) in [6.45, 7) is 1.23. The number of aromatic nitrogens is 2. The van der Waals surface area contributed by atoms with E-state index in [1.807, 2.05) is 4.90 Å². The molecule has 136 valence electrons. The molecule has 1 atom stereocenters. The first kappa shape index (κ1) is 17.4. The van der Waals surface area contributed by atoms with Gasteiger partial charge in [-0.05, 0) is 25.0 Å². The predicted molar refractivity (Wildman–Crippen MR) is 94.3 cm³/mol. The number of nitrogens with zero attached hydrogens (tertiary/aromatic N) is 4. The van der Waals surface area contributed by atoms with Crippen LogP contribution in [0.4, 0.5) is 27.9 Å². The molecule has 0 aliphatic carbocycles. The molecule has 1 unspecified atom stereocenters. The highest BCUT2D eigenvalue weighted by molar-refractivity contribution is 5.67. The van der Waals surface area contributed by atoms with Gasteiger partial charge in [0.2, 0.25) is 5.95 Å². The Morgan fingerprint density at radius 2 is 2.19 bits per heavy atom. The van der Waals surface area contributed by atoms with E-state index >= 15 is 0 Å². The zero-order valence-corrected chi connectivity index (χ0v) is 13.9. The molecule has 1 amide bonds. The van der Waals surface area contributed by atoms with Crippen molar-refractivity contribution in [1.29, 1.82) is 0 Å². The van der Waals surface area contributed by atoms with Crippen molar-refractivity contribution in [3.63, 3.8) is 0 Å². The number of nitro benzene ring substituents is 1. The van der Waals surface area contributed by atoms with Crippen molar-refractivity contribution in [2.24, 2.45) is 5.73 Å². The van der Waals surface area contributed by atoms with Gasteiger partial charge >= 0.3 is 6.09 Å². The molecule has 1 aromatic heterocycles. The van der Waals surface area contributed by atoms with Gasteiger partial charge in [0, 0.05) is 18.8 Å². The molecule has 2 heterocycles.